The van der Waals surface area contributed by atoms with Crippen LogP contribution in [0.1, 0.15) is 42.3 Å². The Morgan fingerprint density at radius 3 is 2.73 bits per heavy atom. The molecule has 3 heterocycles. The zero-order chi connectivity index (χ0) is 15.7. The largest absolute Gasteiger partial charge is 0.343 e. The summed E-state index contributed by atoms with van der Waals surface area (Å²) in [5.41, 5.74) is 4.12. The van der Waals surface area contributed by atoms with Crippen molar-refractivity contribution in [3.8, 4) is 0 Å². The number of carbonyl (C=O) groups excluding carboxylic acids is 1. The SMILES string of the molecule is Cc1cc2nc(C3CCN(C(=O)CCCl)CC3)cc(C)n2n1. The van der Waals surface area contributed by atoms with Gasteiger partial charge in [0.15, 0.2) is 5.65 Å². The third-order valence-corrected chi connectivity index (χ3v) is 4.51. The van der Waals surface area contributed by atoms with E-state index in [-0.39, 0.29) is 5.91 Å². The van der Waals surface area contributed by atoms with E-state index in [0.717, 1.165) is 48.7 Å². The highest BCUT2D eigenvalue weighted by molar-refractivity contribution is 6.18. The zero-order valence-electron chi connectivity index (χ0n) is 13.0. The number of halogens is 1. The van der Waals surface area contributed by atoms with Crippen molar-refractivity contribution in [2.75, 3.05) is 19.0 Å². The van der Waals surface area contributed by atoms with E-state index in [2.05, 4.69) is 18.1 Å². The summed E-state index contributed by atoms with van der Waals surface area (Å²) >= 11 is 5.65. The van der Waals surface area contributed by atoms with Crippen LogP contribution in [0.2, 0.25) is 0 Å². The molecule has 3 rings (SSSR count). The van der Waals surface area contributed by atoms with Gasteiger partial charge < -0.3 is 4.90 Å². The lowest BCUT2D eigenvalue weighted by atomic mass is 9.93. The first-order valence-electron chi connectivity index (χ1n) is 7.76. The Kier molecular flexibility index (Phi) is 4.34. The second kappa shape index (κ2) is 6.24. The fourth-order valence-corrected chi connectivity index (χ4v) is 3.30. The number of aromatic nitrogens is 3. The van der Waals surface area contributed by atoms with Crippen molar-refractivity contribution >= 4 is 23.2 Å². The van der Waals surface area contributed by atoms with Gasteiger partial charge in [0.25, 0.3) is 0 Å². The molecule has 1 aliphatic heterocycles. The molecule has 1 saturated heterocycles. The summed E-state index contributed by atoms with van der Waals surface area (Å²) in [4.78, 5) is 18.6. The van der Waals surface area contributed by atoms with E-state index >= 15 is 0 Å². The highest BCUT2D eigenvalue weighted by Crippen LogP contribution is 2.28. The van der Waals surface area contributed by atoms with Crippen molar-refractivity contribution in [2.24, 2.45) is 0 Å². The lowest BCUT2D eigenvalue weighted by Crippen LogP contribution is -2.38. The number of hydrogen-bond donors (Lipinski definition) is 0. The maximum absolute atomic E-state index is 11.9. The minimum absolute atomic E-state index is 0.166. The van der Waals surface area contributed by atoms with Crippen molar-refractivity contribution in [2.45, 2.75) is 39.0 Å². The molecule has 0 unspecified atom stereocenters. The number of nitrogens with zero attached hydrogens (tertiary/aromatic N) is 4. The Bertz CT molecular complexity index is 689. The lowest BCUT2D eigenvalue weighted by Gasteiger charge is -2.31. The molecule has 0 aromatic carbocycles. The van der Waals surface area contributed by atoms with E-state index in [1.54, 1.807) is 0 Å². The molecule has 0 radical (unpaired) electrons. The number of piperidine rings is 1. The van der Waals surface area contributed by atoms with Gasteiger partial charge in [-0.2, -0.15) is 5.10 Å². The van der Waals surface area contributed by atoms with E-state index in [4.69, 9.17) is 16.6 Å². The number of aryl methyl sites for hydroxylation is 2. The van der Waals surface area contributed by atoms with Gasteiger partial charge in [0.2, 0.25) is 5.91 Å². The van der Waals surface area contributed by atoms with E-state index in [9.17, 15) is 4.79 Å². The molecule has 0 saturated carbocycles. The third-order valence-electron chi connectivity index (χ3n) is 4.32. The lowest BCUT2D eigenvalue weighted by molar-refractivity contribution is -0.131. The molecule has 22 heavy (non-hydrogen) atoms. The minimum Gasteiger partial charge on any atom is -0.343 e. The molecule has 0 aliphatic carbocycles. The number of likely N-dealkylation sites (tertiary alicyclic amines) is 1. The molecule has 0 N–H and O–H groups in total. The van der Waals surface area contributed by atoms with Gasteiger partial charge in [-0.05, 0) is 32.8 Å². The van der Waals surface area contributed by atoms with Crippen molar-refractivity contribution < 1.29 is 4.79 Å². The fraction of sp³-hybridized carbons (Fsp3) is 0.562. The van der Waals surface area contributed by atoms with Crippen molar-refractivity contribution in [1.29, 1.82) is 0 Å². The van der Waals surface area contributed by atoms with E-state index < -0.39 is 0 Å². The topological polar surface area (TPSA) is 50.5 Å². The van der Waals surface area contributed by atoms with Gasteiger partial charge >= 0.3 is 0 Å². The number of carbonyl (C=O) groups is 1. The highest BCUT2D eigenvalue weighted by Gasteiger charge is 2.24. The van der Waals surface area contributed by atoms with Crippen LogP contribution in [0.4, 0.5) is 0 Å². The van der Waals surface area contributed by atoms with Gasteiger partial charge in [-0.15, -0.1) is 11.6 Å². The Balaban J connectivity index is 1.75. The number of alkyl halides is 1. The zero-order valence-corrected chi connectivity index (χ0v) is 13.8. The fourth-order valence-electron chi connectivity index (χ4n) is 3.14. The molecular weight excluding hydrogens is 300 g/mol. The third kappa shape index (κ3) is 2.95. The Morgan fingerprint density at radius 1 is 1.32 bits per heavy atom. The first kappa shape index (κ1) is 15.3. The summed E-state index contributed by atoms with van der Waals surface area (Å²) < 4.78 is 1.89. The Labute approximate surface area is 135 Å². The van der Waals surface area contributed by atoms with Crippen LogP contribution in [0, 0.1) is 13.8 Å². The van der Waals surface area contributed by atoms with Crippen LogP contribution in [-0.4, -0.2) is 44.4 Å². The highest BCUT2D eigenvalue weighted by atomic mass is 35.5. The summed E-state index contributed by atoms with van der Waals surface area (Å²) in [5.74, 6) is 0.981. The summed E-state index contributed by atoms with van der Waals surface area (Å²) in [6.07, 6.45) is 2.36. The molecule has 1 aliphatic rings. The monoisotopic (exact) mass is 320 g/mol. The molecule has 6 heteroatoms. The van der Waals surface area contributed by atoms with Gasteiger partial charge in [0.1, 0.15) is 0 Å². The van der Waals surface area contributed by atoms with Crippen LogP contribution in [0.25, 0.3) is 5.65 Å². The van der Waals surface area contributed by atoms with E-state index in [1.807, 2.05) is 22.4 Å². The molecular formula is C16H21ClN4O. The van der Waals surface area contributed by atoms with E-state index in [1.165, 1.54) is 0 Å². The number of hydrogen-bond acceptors (Lipinski definition) is 3. The summed E-state index contributed by atoms with van der Waals surface area (Å²) in [5, 5.41) is 4.44. The van der Waals surface area contributed by atoms with Crippen LogP contribution >= 0.6 is 11.6 Å². The minimum atomic E-state index is 0.166. The molecule has 0 spiro atoms. The van der Waals surface area contributed by atoms with Crippen LogP contribution in [0.5, 0.6) is 0 Å². The second-order valence-corrected chi connectivity index (χ2v) is 6.35. The first-order valence-corrected chi connectivity index (χ1v) is 8.29. The molecule has 1 amide bonds. The predicted molar refractivity (Wildman–Crippen MR) is 86.4 cm³/mol. The Hall–Kier alpha value is -1.62. The van der Waals surface area contributed by atoms with Crippen molar-refractivity contribution in [3.05, 3.63) is 29.2 Å². The molecule has 118 valence electrons. The summed E-state index contributed by atoms with van der Waals surface area (Å²) in [6, 6.07) is 4.13. The average molecular weight is 321 g/mol. The molecule has 2 aromatic heterocycles. The van der Waals surface area contributed by atoms with Gasteiger partial charge in [-0.25, -0.2) is 9.50 Å². The summed E-state index contributed by atoms with van der Waals surface area (Å²) in [6.45, 7) is 5.63. The standard InChI is InChI=1S/C16H21ClN4O/c1-11-9-15-18-14(10-12(2)21(15)19-11)13-4-7-20(8-5-13)16(22)3-6-17/h9-10,13H,3-8H2,1-2H3. The smallest absolute Gasteiger partial charge is 0.223 e. The molecule has 2 aromatic rings. The average Bonchev–Trinajstić information content (AvgIpc) is 2.89. The molecule has 0 atom stereocenters. The van der Waals surface area contributed by atoms with E-state index in [0.29, 0.717) is 18.2 Å². The first-order chi connectivity index (χ1) is 10.6. The van der Waals surface area contributed by atoms with Crippen molar-refractivity contribution in [3.63, 3.8) is 0 Å². The number of fused-ring (bicyclic) bond motifs is 1. The van der Waals surface area contributed by atoms with Crippen molar-refractivity contribution in [1.82, 2.24) is 19.5 Å². The van der Waals surface area contributed by atoms with Crippen LogP contribution < -0.4 is 0 Å². The van der Waals surface area contributed by atoms with Gasteiger partial charge in [0.05, 0.1) is 5.69 Å². The maximum atomic E-state index is 11.9. The quantitative estimate of drug-likeness (QED) is 0.817. The molecule has 5 nitrogen and oxygen atoms in total. The Morgan fingerprint density at radius 2 is 2.05 bits per heavy atom. The van der Waals surface area contributed by atoms with Crippen LogP contribution in [0.3, 0.4) is 0 Å². The maximum Gasteiger partial charge on any atom is 0.223 e. The van der Waals surface area contributed by atoms with Gasteiger partial charge in [0, 0.05) is 48.8 Å². The molecule has 0 bridgehead atoms. The summed E-state index contributed by atoms with van der Waals surface area (Å²) in [7, 11) is 0. The normalized spacial score (nSPS) is 16.4. The van der Waals surface area contributed by atoms with Crippen LogP contribution in [0.15, 0.2) is 12.1 Å². The number of rotatable bonds is 3. The van der Waals surface area contributed by atoms with Crippen LogP contribution in [-0.2, 0) is 4.79 Å². The molecule has 1 fully saturated rings. The number of amides is 1. The predicted octanol–water partition coefficient (Wildman–Crippen LogP) is 2.68. The van der Waals surface area contributed by atoms with Gasteiger partial charge in [-0.1, -0.05) is 0 Å². The van der Waals surface area contributed by atoms with Gasteiger partial charge in [-0.3, -0.25) is 4.79 Å². The second-order valence-electron chi connectivity index (χ2n) is 5.97.